The minimum atomic E-state index is -0.712. The second kappa shape index (κ2) is 9.85. The van der Waals surface area contributed by atoms with E-state index in [9.17, 15) is 18.4 Å². The first-order chi connectivity index (χ1) is 16.8. The molecule has 2 heterocycles. The molecule has 4 rings (SSSR count). The zero-order chi connectivity index (χ0) is 25.3. The number of carbonyl (C=O) groups is 2. The first kappa shape index (κ1) is 24.4. The molecule has 35 heavy (non-hydrogen) atoms. The molecule has 0 radical (unpaired) electrons. The number of rotatable bonds is 4. The number of amidine groups is 1. The Balaban J connectivity index is 1.85. The summed E-state index contributed by atoms with van der Waals surface area (Å²) in [6.07, 6.45) is 2.03. The molecule has 1 fully saturated rings. The Labute approximate surface area is 203 Å². The van der Waals surface area contributed by atoms with Gasteiger partial charge in [0.15, 0.2) is 5.75 Å². The van der Waals surface area contributed by atoms with Crippen LogP contribution in [0.4, 0.5) is 14.5 Å². The molecule has 9 heteroatoms. The minimum absolute atomic E-state index is 0.0503. The van der Waals surface area contributed by atoms with Crippen molar-refractivity contribution < 1.29 is 23.1 Å². The first-order valence-electron chi connectivity index (χ1n) is 11.4. The lowest BCUT2D eigenvalue weighted by Crippen LogP contribution is -2.55. The zero-order valence-corrected chi connectivity index (χ0v) is 20.1. The first-order valence-corrected chi connectivity index (χ1v) is 11.4. The molecule has 0 aliphatic carbocycles. The largest absolute Gasteiger partial charge is 0.489 e. The van der Waals surface area contributed by atoms with Crippen molar-refractivity contribution in [1.82, 2.24) is 9.80 Å². The number of amides is 2. The van der Waals surface area contributed by atoms with Crippen molar-refractivity contribution in [3.8, 4) is 16.9 Å². The molecule has 0 saturated carbocycles. The average molecular weight is 483 g/mol. The fraction of sp³-hybridized carbons (Fsp3) is 0.346. The molecule has 0 bridgehead atoms. The number of piperazine rings is 1. The van der Waals surface area contributed by atoms with Gasteiger partial charge in [0, 0.05) is 55.5 Å². The van der Waals surface area contributed by atoms with Gasteiger partial charge in [0.2, 0.25) is 12.3 Å². The third kappa shape index (κ3) is 4.38. The number of anilines is 1. The van der Waals surface area contributed by atoms with Crippen LogP contribution in [0.2, 0.25) is 0 Å². The van der Waals surface area contributed by atoms with Gasteiger partial charge in [-0.1, -0.05) is 6.58 Å². The predicted molar refractivity (Wildman–Crippen MR) is 131 cm³/mol. The van der Waals surface area contributed by atoms with Gasteiger partial charge in [-0.3, -0.25) is 14.6 Å². The van der Waals surface area contributed by atoms with Gasteiger partial charge < -0.3 is 19.4 Å². The smallest absolute Gasteiger partial charge is 0.246 e. The molecule has 2 aromatic rings. The number of benzene rings is 2. The number of hydrogen-bond acceptors (Lipinski definition) is 4. The lowest BCUT2D eigenvalue weighted by atomic mass is 9.93. The molecule has 0 spiro atoms. The van der Waals surface area contributed by atoms with Crippen molar-refractivity contribution in [3.63, 3.8) is 0 Å². The highest BCUT2D eigenvalue weighted by molar-refractivity contribution is 6.09. The van der Waals surface area contributed by atoms with Crippen LogP contribution in [0.15, 0.2) is 41.9 Å². The second-order valence-electron chi connectivity index (χ2n) is 8.64. The Kier molecular flexibility index (Phi) is 6.86. The summed E-state index contributed by atoms with van der Waals surface area (Å²) in [5.41, 5.74) is 2.53. The van der Waals surface area contributed by atoms with Gasteiger partial charge in [-0.15, -0.1) is 0 Å². The summed E-state index contributed by atoms with van der Waals surface area (Å²) in [5, 5.41) is 0. The lowest BCUT2D eigenvalue weighted by Gasteiger charge is -2.42. The van der Waals surface area contributed by atoms with E-state index in [1.165, 1.54) is 23.1 Å². The van der Waals surface area contributed by atoms with Crippen LogP contribution in [0.1, 0.15) is 18.1 Å². The number of carbonyl (C=O) groups excluding carboxylic acids is 2. The number of halogens is 2. The molecule has 2 aliphatic rings. The van der Waals surface area contributed by atoms with Crippen LogP contribution in [0.25, 0.3) is 11.1 Å². The third-order valence-electron chi connectivity index (χ3n) is 6.48. The summed E-state index contributed by atoms with van der Waals surface area (Å²) in [5.74, 6) is -0.501. The highest BCUT2D eigenvalue weighted by Gasteiger charge is 2.34. The molecular weight excluding hydrogens is 454 g/mol. The fourth-order valence-electron chi connectivity index (χ4n) is 4.87. The summed E-state index contributed by atoms with van der Waals surface area (Å²) in [6, 6.07) is 5.22. The van der Waals surface area contributed by atoms with Gasteiger partial charge in [-0.05, 0) is 43.7 Å². The van der Waals surface area contributed by atoms with E-state index < -0.39 is 11.6 Å². The van der Waals surface area contributed by atoms with Gasteiger partial charge in [0.1, 0.15) is 24.1 Å². The topological polar surface area (TPSA) is 65.5 Å². The number of aliphatic imine (C=N–C) groups is 1. The van der Waals surface area contributed by atoms with E-state index in [0.29, 0.717) is 60.1 Å². The lowest BCUT2D eigenvalue weighted by molar-refractivity contribution is -0.128. The number of fused-ring (bicyclic) bond motifs is 1. The van der Waals surface area contributed by atoms with Crippen molar-refractivity contribution in [1.29, 1.82) is 0 Å². The Morgan fingerprint density at radius 1 is 1.23 bits per heavy atom. The molecule has 1 saturated heterocycles. The van der Waals surface area contributed by atoms with Gasteiger partial charge in [-0.2, -0.15) is 0 Å². The van der Waals surface area contributed by atoms with Crippen LogP contribution >= 0.6 is 0 Å². The third-order valence-corrected chi connectivity index (χ3v) is 6.48. The van der Waals surface area contributed by atoms with Gasteiger partial charge in [-0.25, -0.2) is 8.78 Å². The maximum Gasteiger partial charge on any atom is 0.246 e. The Morgan fingerprint density at radius 2 is 2.00 bits per heavy atom. The second-order valence-corrected chi connectivity index (χ2v) is 8.64. The summed E-state index contributed by atoms with van der Waals surface area (Å²) < 4.78 is 34.4. The number of nitrogens with zero attached hydrogens (tertiary/aromatic N) is 4. The minimum Gasteiger partial charge on any atom is -0.489 e. The van der Waals surface area contributed by atoms with Crippen molar-refractivity contribution in [2.45, 2.75) is 19.9 Å². The Morgan fingerprint density at radius 3 is 2.63 bits per heavy atom. The average Bonchev–Trinajstić information content (AvgIpc) is 2.85. The van der Waals surface area contributed by atoms with E-state index in [2.05, 4.69) is 16.5 Å². The monoisotopic (exact) mass is 482 g/mol. The van der Waals surface area contributed by atoms with E-state index in [1.807, 2.05) is 19.9 Å². The Bertz CT molecular complexity index is 1210. The van der Waals surface area contributed by atoms with Crippen molar-refractivity contribution in [2.24, 2.45) is 4.99 Å². The molecule has 0 aromatic heterocycles. The maximum atomic E-state index is 14.8. The van der Waals surface area contributed by atoms with E-state index in [0.717, 1.165) is 12.5 Å². The molecule has 7 nitrogen and oxygen atoms in total. The van der Waals surface area contributed by atoms with E-state index >= 15 is 0 Å². The van der Waals surface area contributed by atoms with Crippen LogP contribution in [-0.4, -0.2) is 73.8 Å². The molecule has 0 unspecified atom stereocenters. The van der Waals surface area contributed by atoms with Gasteiger partial charge in [0.05, 0.1) is 12.2 Å². The number of aryl methyl sites for hydroxylation is 1. The molecule has 2 aromatic carbocycles. The molecule has 2 amide bonds. The van der Waals surface area contributed by atoms with E-state index in [4.69, 9.17) is 4.74 Å². The molecule has 1 atom stereocenters. The van der Waals surface area contributed by atoms with Crippen LogP contribution < -0.4 is 9.64 Å². The molecular formula is C26H28F2N4O3. The summed E-state index contributed by atoms with van der Waals surface area (Å²) in [4.78, 5) is 34.1. The Hall–Kier alpha value is -3.75. The SMILES string of the molecule is C=CC(=O)N1CCN(C(=NC)c2cc(C)c(-c3ccc(F)cc3F)c3c2N(C=O)CCO3)[C@@H](C)C1. The zero-order valence-electron chi connectivity index (χ0n) is 20.1. The van der Waals surface area contributed by atoms with Crippen LogP contribution in [0, 0.1) is 18.6 Å². The fourth-order valence-corrected chi connectivity index (χ4v) is 4.87. The standard InChI is InChI=1S/C26H28F2N4O3/c1-5-22(34)30-8-9-32(17(3)14-30)26(29-4)20-12-16(2)23(19-7-6-18(27)13-21(19)28)25-24(20)31(15-33)10-11-35-25/h5-7,12-13,15,17H,1,8-11,14H2,2-4H3/t17-/m0/s1. The number of hydrogen-bond donors (Lipinski definition) is 0. The quantitative estimate of drug-likeness (QED) is 0.290. The molecule has 0 N–H and O–H groups in total. The van der Waals surface area contributed by atoms with Crippen LogP contribution in [0.5, 0.6) is 5.75 Å². The van der Waals surface area contributed by atoms with Crippen LogP contribution in [0.3, 0.4) is 0 Å². The summed E-state index contributed by atoms with van der Waals surface area (Å²) in [6.45, 7) is 9.50. The van der Waals surface area contributed by atoms with Crippen LogP contribution in [-0.2, 0) is 9.59 Å². The highest BCUT2D eigenvalue weighted by atomic mass is 19.1. The number of ether oxygens (including phenoxy) is 1. The maximum absolute atomic E-state index is 14.8. The highest BCUT2D eigenvalue weighted by Crippen LogP contribution is 2.46. The normalized spacial score (nSPS) is 18.1. The van der Waals surface area contributed by atoms with Crippen molar-refractivity contribution in [2.75, 3.05) is 44.7 Å². The van der Waals surface area contributed by atoms with Gasteiger partial charge >= 0.3 is 0 Å². The van der Waals surface area contributed by atoms with Crippen molar-refractivity contribution in [3.05, 3.63) is 59.7 Å². The van der Waals surface area contributed by atoms with E-state index in [1.54, 1.807) is 11.9 Å². The molecule has 2 aliphatic heterocycles. The molecule has 184 valence electrons. The van der Waals surface area contributed by atoms with Gasteiger partial charge in [0.25, 0.3) is 0 Å². The summed E-state index contributed by atoms with van der Waals surface area (Å²) in [7, 11) is 1.67. The van der Waals surface area contributed by atoms with E-state index in [-0.39, 0.29) is 24.1 Å². The predicted octanol–water partition coefficient (Wildman–Crippen LogP) is 3.39. The van der Waals surface area contributed by atoms with Crippen molar-refractivity contribution >= 4 is 23.8 Å². The summed E-state index contributed by atoms with van der Waals surface area (Å²) >= 11 is 0.